The SMILES string of the molecule is C[C@H]1C[NH+](Cc2cc(=O)oc3ccc(O)cc23)C[C@H](C)O1. The first-order valence-corrected chi connectivity index (χ1v) is 7.26. The van der Waals surface area contributed by atoms with E-state index in [9.17, 15) is 9.90 Å². The summed E-state index contributed by atoms with van der Waals surface area (Å²) in [6, 6.07) is 6.34. The summed E-state index contributed by atoms with van der Waals surface area (Å²) in [5.74, 6) is 0.177. The summed E-state index contributed by atoms with van der Waals surface area (Å²) in [6.45, 7) is 6.68. The summed E-state index contributed by atoms with van der Waals surface area (Å²) < 4.78 is 10.9. The van der Waals surface area contributed by atoms with Crippen LogP contribution in [-0.2, 0) is 11.3 Å². The van der Waals surface area contributed by atoms with Gasteiger partial charge in [-0.05, 0) is 32.0 Å². The van der Waals surface area contributed by atoms with Gasteiger partial charge in [-0.25, -0.2) is 4.79 Å². The van der Waals surface area contributed by atoms with Crippen LogP contribution in [0.2, 0.25) is 0 Å². The molecule has 2 heterocycles. The molecule has 1 saturated heterocycles. The van der Waals surface area contributed by atoms with E-state index in [0.29, 0.717) is 5.58 Å². The van der Waals surface area contributed by atoms with Crippen molar-refractivity contribution < 1.29 is 19.2 Å². The molecule has 2 aromatic rings. The number of hydrogen-bond acceptors (Lipinski definition) is 4. The Morgan fingerprint density at radius 1 is 1.24 bits per heavy atom. The summed E-state index contributed by atoms with van der Waals surface area (Å²) in [4.78, 5) is 13.1. The number of fused-ring (bicyclic) bond motifs is 1. The molecular formula is C16H20NO4+. The lowest BCUT2D eigenvalue weighted by Crippen LogP contribution is -3.14. The van der Waals surface area contributed by atoms with Crippen molar-refractivity contribution in [1.82, 2.24) is 0 Å². The Bertz CT molecular complexity index is 699. The van der Waals surface area contributed by atoms with Crippen molar-refractivity contribution >= 4 is 11.0 Å². The summed E-state index contributed by atoms with van der Waals surface area (Å²) >= 11 is 0. The molecule has 5 heteroatoms. The highest BCUT2D eigenvalue weighted by Crippen LogP contribution is 2.21. The third-order valence-electron chi connectivity index (χ3n) is 3.87. The zero-order valence-corrected chi connectivity index (χ0v) is 12.3. The largest absolute Gasteiger partial charge is 0.508 e. The van der Waals surface area contributed by atoms with Gasteiger partial charge in [0.15, 0.2) is 0 Å². The third kappa shape index (κ3) is 3.09. The molecule has 1 aromatic heterocycles. The Labute approximate surface area is 122 Å². The van der Waals surface area contributed by atoms with Crippen LogP contribution in [0, 0.1) is 0 Å². The summed E-state index contributed by atoms with van der Waals surface area (Å²) in [5.41, 5.74) is 1.08. The monoisotopic (exact) mass is 290 g/mol. The van der Waals surface area contributed by atoms with Crippen molar-refractivity contribution in [3.63, 3.8) is 0 Å². The topological polar surface area (TPSA) is 64.1 Å². The van der Waals surface area contributed by atoms with Crippen LogP contribution in [0.15, 0.2) is 33.5 Å². The average molecular weight is 290 g/mol. The van der Waals surface area contributed by atoms with Crippen molar-refractivity contribution in [3.05, 3.63) is 40.2 Å². The number of ether oxygens (including phenoxy) is 1. The van der Waals surface area contributed by atoms with Crippen molar-refractivity contribution in [2.75, 3.05) is 13.1 Å². The van der Waals surface area contributed by atoms with E-state index in [1.807, 2.05) is 0 Å². The minimum Gasteiger partial charge on any atom is -0.508 e. The fourth-order valence-corrected chi connectivity index (χ4v) is 3.16. The maximum absolute atomic E-state index is 11.7. The van der Waals surface area contributed by atoms with E-state index in [4.69, 9.17) is 9.15 Å². The van der Waals surface area contributed by atoms with Gasteiger partial charge in [-0.2, -0.15) is 0 Å². The minimum atomic E-state index is -0.350. The normalized spacial score (nSPS) is 26.1. The Morgan fingerprint density at radius 2 is 1.95 bits per heavy atom. The number of phenolic OH excluding ortho intramolecular Hbond substituents is 1. The zero-order chi connectivity index (χ0) is 15.0. The van der Waals surface area contributed by atoms with Gasteiger partial charge in [-0.3, -0.25) is 0 Å². The van der Waals surface area contributed by atoms with Gasteiger partial charge in [0.1, 0.15) is 43.2 Å². The van der Waals surface area contributed by atoms with Crippen molar-refractivity contribution in [2.24, 2.45) is 0 Å². The number of morpholine rings is 1. The van der Waals surface area contributed by atoms with E-state index in [2.05, 4.69) is 13.8 Å². The molecule has 3 rings (SSSR count). The minimum absolute atomic E-state index is 0.177. The lowest BCUT2D eigenvalue weighted by Gasteiger charge is -2.32. The lowest BCUT2D eigenvalue weighted by atomic mass is 10.1. The quantitative estimate of drug-likeness (QED) is 0.799. The smallest absolute Gasteiger partial charge is 0.336 e. The molecule has 1 fully saturated rings. The van der Waals surface area contributed by atoms with Crippen LogP contribution in [0.25, 0.3) is 11.0 Å². The number of benzene rings is 1. The Balaban J connectivity index is 1.96. The summed E-state index contributed by atoms with van der Waals surface area (Å²) in [6.07, 6.45) is 0.423. The first kappa shape index (κ1) is 14.1. The number of aromatic hydroxyl groups is 1. The summed E-state index contributed by atoms with van der Waals surface area (Å²) in [5, 5.41) is 10.5. The molecule has 1 aliphatic heterocycles. The molecule has 2 atom stereocenters. The van der Waals surface area contributed by atoms with Crippen molar-refractivity contribution in [3.8, 4) is 5.75 Å². The van der Waals surface area contributed by atoms with Crippen LogP contribution in [-0.4, -0.2) is 30.4 Å². The van der Waals surface area contributed by atoms with Crippen LogP contribution in [0.4, 0.5) is 0 Å². The van der Waals surface area contributed by atoms with Crippen LogP contribution in [0.1, 0.15) is 19.4 Å². The molecule has 0 bridgehead atoms. The second-order valence-electron chi connectivity index (χ2n) is 5.86. The van der Waals surface area contributed by atoms with E-state index >= 15 is 0 Å². The second kappa shape index (κ2) is 5.50. The molecule has 0 amide bonds. The second-order valence-corrected chi connectivity index (χ2v) is 5.86. The summed E-state index contributed by atoms with van der Waals surface area (Å²) in [7, 11) is 0. The Hall–Kier alpha value is -1.85. The number of hydrogen-bond donors (Lipinski definition) is 2. The van der Waals surface area contributed by atoms with E-state index in [-0.39, 0.29) is 23.6 Å². The molecule has 5 nitrogen and oxygen atoms in total. The standard InChI is InChI=1S/C16H19NO4/c1-10-7-17(8-11(2)20-10)9-12-5-16(19)21-15-4-3-13(18)6-14(12)15/h3-6,10-11,18H,7-9H2,1-2H3/p+1/t10-,11-/m0/s1. The molecule has 0 unspecified atom stereocenters. The highest BCUT2D eigenvalue weighted by molar-refractivity contribution is 5.81. The van der Waals surface area contributed by atoms with Gasteiger partial charge in [0.2, 0.25) is 0 Å². The number of phenols is 1. The third-order valence-corrected chi connectivity index (χ3v) is 3.87. The number of rotatable bonds is 2. The van der Waals surface area contributed by atoms with E-state index in [0.717, 1.165) is 30.6 Å². The zero-order valence-electron chi connectivity index (χ0n) is 12.3. The van der Waals surface area contributed by atoms with Gasteiger partial charge in [0.25, 0.3) is 0 Å². The maximum atomic E-state index is 11.7. The average Bonchev–Trinajstić information content (AvgIpc) is 2.38. The molecule has 0 spiro atoms. The molecular weight excluding hydrogens is 270 g/mol. The first-order valence-electron chi connectivity index (χ1n) is 7.26. The van der Waals surface area contributed by atoms with Gasteiger partial charge < -0.3 is 19.2 Å². The van der Waals surface area contributed by atoms with Crippen LogP contribution >= 0.6 is 0 Å². The predicted octanol–water partition coefficient (Wildman–Crippen LogP) is 0.691. The fourth-order valence-electron chi connectivity index (χ4n) is 3.16. The molecule has 0 radical (unpaired) electrons. The van der Waals surface area contributed by atoms with Crippen LogP contribution in [0.3, 0.4) is 0 Å². The number of nitrogens with one attached hydrogen (secondary N) is 1. The molecule has 112 valence electrons. The van der Waals surface area contributed by atoms with Gasteiger partial charge in [-0.1, -0.05) is 0 Å². The fraction of sp³-hybridized carbons (Fsp3) is 0.438. The van der Waals surface area contributed by atoms with Gasteiger partial charge in [0, 0.05) is 17.0 Å². The van der Waals surface area contributed by atoms with E-state index in [1.165, 1.54) is 17.0 Å². The molecule has 1 aromatic carbocycles. The highest BCUT2D eigenvalue weighted by atomic mass is 16.5. The van der Waals surface area contributed by atoms with Gasteiger partial charge in [-0.15, -0.1) is 0 Å². The van der Waals surface area contributed by atoms with E-state index < -0.39 is 0 Å². The van der Waals surface area contributed by atoms with E-state index in [1.54, 1.807) is 12.1 Å². The molecule has 0 aliphatic carbocycles. The van der Waals surface area contributed by atoms with Crippen LogP contribution in [0.5, 0.6) is 5.75 Å². The molecule has 21 heavy (non-hydrogen) atoms. The van der Waals surface area contributed by atoms with Crippen molar-refractivity contribution in [1.29, 1.82) is 0 Å². The first-order chi connectivity index (χ1) is 10.0. The Kier molecular flexibility index (Phi) is 3.69. The van der Waals surface area contributed by atoms with Gasteiger partial charge in [0.05, 0.1) is 0 Å². The lowest BCUT2D eigenvalue weighted by molar-refractivity contribution is -0.928. The predicted molar refractivity (Wildman–Crippen MR) is 78.6 cm³/mol. The van der Waals surface area contributed by atoms with Crippen LogP contribution < -0.4 is 10.5 Å². The Morgan fingerprint density at radius 3 is 2.67 bits per heavy atom. The molecule has 0 saturated carbocycles. The number of quaternary nitrogens is 1. The maximum Gasteiger partial charge on any atom is 0.336 e. The molecule has 2 N–H and O–H groups in total. The molecule has 1 aliphatic rings. The van der Waals surface area contributed by atoms with Gasteiger partial charge >= 0.3 is 5.63 Å². The van der Waals surface area contributed by atoms with Crippen molar-refractivity contribution in [2.45, 2.75) is 32.6 Å². The highest BCUT2D eigenvalue weighted by Gasteiger charge is 2.26.